The second-order valence-corrected chi connectivity index (χ2v) is 3.86. The fourth-order valence-corrected chi connectivity index (χ4v) is 1.57. The molecule has 1 aromatic carbocycles. The lowest BCUT2D eigenvalue weighted by Gasteiger charge is -2.05. The van der Waals surface area contributed by atoms with Crippen molar-refractivity contribution in [2.45, 2.75) is 13.5 Å². The van der Waals surface area contributed by atoms with Gasteiger partial charge in [0.2, 0.25) is 5.88 Å². The summed E-state index contributed by atoms with van der Waals surface area (Å²) in [6.45, 7) is 2.32. The molecule has 0 unspecified atom stereocenters. The normalized spacial score (nSPS) is 10.4. The molecule has 0 bridgehead atoms. The summed E-state index contributed by atoms with van der Waals surface area (Å²) in [4.78, 5) is 0. The van der Waals surface area contributed by atoms with E-state index in [0.717, 1.165) is 11.3 Å². The molecule has 2 rings (SSSR count). The van der Waals surface area contributed by atoms with Crippen molar-refractivity contribution in [2.24, 2.45) is 5.73 Å². The summed E-state index contributed by atoms with van der Waals surface area (Å²) in [5, 5.41) is 7.37. The first-order chi connectivity index (χ1) is 7.69. The Bertz CT molecular complexity index is 496. The van der Waals surface area contributed by atoms with Crippen LogP contribution in [0.4, 0.5) is 0 Å². The molecular weight excluding hydrogens is 226 g/mol. The zero-order valence-electron chi connectivity index (χ0n) is 8.83. The van der Waals surface area contributed by atoms with Crippen LogP contribution in [-0.4, -0.2) is 10.2 Å². The molecule has 0 aliphatic rings. The maximum atomic E-state index is 6.01. The minimum atomic E-state index is 0.417. The number of H-pyrrole nitrogens is 1. The maximum absolute atomic E-state index is 6.01. The highest BCUT2D eigenvalue weighted by Crippen LogP contribution is 2.25. The topological polar surface area (TPSA) is 63.9 Å². The Hall–Kier alpha value is -1.52. The average molecular weight is 238 g/mol. The summed E-state index contributed by atoms with van der Waals surface area (Å²) in [6.07, 6.45) is 0. The molecule has 0 fully saturated rings. The SMILES string of the molecule is Cc1cc(Oc2ccc(CN)c(Cl)c2)n[nH]1. The van der Waals surface area contributed by atoms with Gasteiger partial charge in [0.15, 0.2) is 0 Å². The Labute approximate surface area is 98.4 Å². The van der Waals surface area contributed by atoms with Gasteiger partial charge in [-0.25, -0.2) is 0 Å². The molecule has 5 heteroatoms. The van der Waals surface area contributed by atoms with Gasteiger partial charge in [-0.15, -0.1) is 5.10 Å². The maximum Gasteiger partial charge on any atom is 0.238 e. The van der Waals surface area contributed by atoms with Crippen molar-refractivity contribution in [3.05, 3.63) is 40.5 Å². The number of benzene rings is 1. The summed E-state index contributed by atoms with van der Waals surface area (Å²) >= 11 is 6.01. The third-order valence-electron chi connectivity index (χ3n) is 2.15. The molecule has 84 valence electrons. The first kappa shape index (κ1) is 11.0. The van der Waals surface area contributed by atoms with Gasteiger partial charge in [0, 0.05) is 23.3 Å². The zero-order chi connectivity index (χ0) is 11.5. The lowest BCUT2D eigenvalue weighted by molar-refractivity contribution is 0.461. The fraction of sp³-hybridized carbons (Fsp3) is 0.182. The number of halogens is 1. The molecule has 0 aliphatic carbocycles. The van der Waals surface area contributed by atoms with E-state index in [1.54, 1.807) is 6.07 Å². The van der Waals surface area contributed by atoms with E-state index in [1.807, 2.05) is 25.1 Å². The van der Waals surface area contributed by atoms with E-state index in [1.165, 1.54) is 0 Å². The Balaban J connectivity index is 2.19. The van der Waals surface area contributed by atoms with E-state index >= 15 is 0 Å². The van der Waals surface area contributed by atoms with Gasteiger partial charge in [0.1, 0.15) is 5.75 Å². The molecule has 1 aromatic heterocycles. The number of nitrogens with two attached hydrogens (primary N) is 1. The largest absolute Gasteiger partial charge is 0.437 e. The highest BCUT2D eigenvalue weighted by Gasteiger charge is 2.04. The van der Waals surface area contributed by atoms with Crippen LogP contribution in [0.2, 0.25) is 5.02 Å². The van der Waals surface area contributed by atoms with E-state index in [4.69, 9.17) is 22.1 Å². The van der Waals surface area contributed by atoms with Crippen molar-refractivity contribution in [3.8, 4) is 11.6 Å². The number of nitrogens with one attached hydrogen (secondary N) is 1. The van der Waals surface area contributed by atoms with Gasteiger partial charge in [-0.05, 0) is 24.6 Å². The van der Waals surface area contributed by atoms with Crippen LogP contribution in [0, 0.1) is 6.92 Å². The van der Waals surface area contributed by atoms with Crippen molar-refractivity contribution in [1.29, 1.82) is 0 Å². The molecule has 1 heterocycles. The number of aromatic nitrogens is 2. The number of hydrogen-bond donors (Lipinski definition) is 2. The summed E-state index contributed by atoms with van der Waals surface area (Å²) in [5.74, 6) is 1.17. The highest BCUT2D eigenvalue weighted by molar-refractivity contribution is 6.31. The van der Waals surface area contributed by atoms with Crippen molar-refractivity contribution in [3.63, 3.8) is 0 Å². The summed E-state index contributed by atoms with van der Waals surface area (Å²) in [5.41, 5.74) is 7.35. The van der Waals surface area contributed by atoms with Crippen molar-refractivity contribution < 1.29 is 4.74 Å². The van der Waals surface area contributed by atoms with Crippen LogP contribution in [0.25, 0.3) is 0 Å². The Kier molecular flexibility index (Phi) is 3.12. The second kappa shape index (κ2) is 4.55. The summed E-state index contributed by atoms with van der Waals surface area (Å²) < 4.78 is 5.51. The summed E-state index contributed by atoms with van der Waals surface area (Å²) in [7, 11) is 0. The Morgan fingerprint density at radius 1 is 1.44 bits per heavy atom. The Morgan fingerprint density at radius 3 is 2.81 bits per heavy atom. The first-order valence-electron chi connectivity index (χ1n) is 4.87. The van der Waals surface area contributed by atoms with Crippen LogP contribution in [0.1, 0.15) is 11.3 Å². The van der Waals surface area contributed by atoms with E-state index in [9.17, 15) is 0 Å². The molecule has 0 saturated carbocycles. The average Bonchev–Trinajstić information content (AvgIpc) is 2.64. The molecule has 0 saturated heterocycles. The van der Waals surface area contributed by atoms with Gasteiger partial charge in [-0.3, -0.25) is 5.10 Å². The quantitative estimate of drug-likeness (QED) is 0.863. The third kappa shape index (κ3) is 2.35. The highest BCUT2D eigenvalue weighted by atomic mass is 35.5. The minimum absolute atomic E-state index is 0.417. The number of aromatic amines is 1. The van der Waals surface area contributed by atoms with Gasteiger partial charge in [-0.2, -0.15) is 0 Å². The monoisotopic (exact) mass is 237 g/mol. The van der Waals surface area contributed by atoms with E-state index in [2.05, 4.69) is 10.2 Å². The van der Waals surface area contributed by atoms with Crippen LogP contribution in [0.15, 0.2) is 24.3 Å². The van der Waals surface area contributed by atoms with Gasteiger partial charge < -0.3 is 10.5 Å². The van der Waals surface area contributed by atoms with Crippen LogP contribution in [0.5, 0.6) is 11.6 Å². The first-order valence-corrected chi connectivity index (χ1v) is 5.25. The minimum Gasteiger partial charge on any atom is -0.437 e. The number of rotatable bonds is 3. The molecule has 0 radical (unpaired) electrons. The molecule has 4 nitrogen and oxygen atoms in total. The molecule has 0 spiro atoms. The predicted molar refractivity (Wildman–Crippen MR) is 62.7 cm³/mol. The van der Waals surface area contributed by atoms with Crippen molar-refractivity contribution in [1.82, 2.24) is 10.2 Å². The number of aryl methyl sites for hydroxylation is 1. The second-order valence-electron chi connectivity index (χ2n) is 3.45. The predicted octanol–water partition coefficient (Wildman–Crippen LogP) is 2.62. The molecule has 0 atom stereocenters. The van der Waals surface area contributed by atoms with Crippen molar-refractivity contribution in [2.75, 3.05) is 0 Å². The third-order valence-corrected chi connectivity index (χ3v) is 2.50. The van der Waals surface area contributed by atoms with E-state index < -0.39 is 0 Å². The Morgan fingerprint density at radius 2 is 2.25 bits per heavy atom. The zero-order valence-corrected chi connectivity index (χ0v) is 9.58. The summed E-state index contributed by atoms with van der Waals surface area (Å²) in [6, 6.07) is 7.20. The fourth-order valence-electron chi connectivity index (χ4n) is 1.32. The number of hydrogen-bond acceptors (Lipinski definition) is 3. The van der Waals surface area contributed by atoms with Crippen LogP contribution in [-0.2, 0) is 6.54 Å². The number of nitrogens with zero attached hydrogens (tertiary/aromatic N) is 1. The van der Waals surface area contributed by atoms with E-state index in [0.29, 0.717) is 23.2 Å². The molecule has 2 aromatic rings. The van der Waals surface area contributed by atoms with Gasteiger partial charge in [0.25, 0.3) is 0 Å². The van der Waals surface area contributed by atoms with Crippen LogP contribution < -0.4 is 10.5 Å². The molecule has 16 heavy (non-hydrogen) atoms. The lowest BCUT2D eigenvalue weighted by atomic mass is 10.2. The van der Waals surface area contributed by atoms with E-state index in [-0.39, 0.29) is 0 Å². The lowest BCUT2D eigenvalue weighted by Crippen LogP contribution is -1.97. The van der Waals surface area contributed by atoms with Gasteiger partial charge in [-0.1, -0.05) is 17.7 Å². The van der Waals surface area contributed by atoms with Crippen molar-refractivity contribution >= 4 is 11.6 Å². The molecule has 3 N–H and O–H groups in total. The van der Waals surface area contributed by atoms with Gasteiger partial charge >= 0.3 is 0 Å². The van der Waals surface area contributed by atoms with Gasteiger partial charge in [0.05, 0.1) is 0 Å². The standard InChI is InChI=1S/C11H12ClN3O/c1-7-4-11(15-14-7)16-9-3-2-8(6-13)10(12)5-9/h2-5H,6,13H2,1H3,(H,14,15). The molecular formula is C11H12ClN3O. The smallest absolute Gasteiger partial charge is 0.238 e. The van der Waals surface area contributed by atoms with Crippen LogP contribution >= 0.6 is 11.6 Å². The number of ether oxygens (including phenoxy) is 1. The molecule has 0 aliphatic heterocycles. The molecule has 0 amide bonds. The van der Waals surface area contributed by atoms with Crippen LogP contribution in [0.3, 0.4) is 0 Å².